The molecule has 0 spiro atoms. The number of ether oxygens (including phenoxy) is 1. The van der Waals surface area contributed by atoms with Gasteiger partial charge in [0.1, 0.15) is 11.9 Å². The van der Waals surface area contributed by atoms with Crippen molar-refractivity contribution in [1.82, 2.24) is 4.98 Å². The van der Waals surface area contributed by atoms with Crippen LogP contribution in [0.4, 0.5) is 0 Å². The molecule has 3 nitrogen and oxygen atoms in total. The minimum atomic E-state index is -0.193. The maximum absolute atomic E-state index is 8.71. The summed E-state index contributed by atoms with van der Waals surface area (Å²) >= 11 is 3.27. The summed E-state index contributed by atoms with van der Waals surface area (Å²) < 4.78 is 6.17. The standard InChI is InChI=1S/C8H10BrNO2/c1-6(5-11)12-8-2-7(9)3-10-4-8/h2-4,6,11H,5H2,1H3/t6-/m0/s1. The summed E-state index contributed by atoms with van der Waals surface area (Å²) in [6, 6.07) is 1.80. The molecule has 66 valence electrons. The summed E-state index contributed by atoms with van der Waals surface area (Å²) in [6.07, 6.45) is 3.09. The summed E-state index contributed by atoms with van der Waals surface area (Å²) in [5.41, 5.74) is 0. The van der Waals surface area contributed by atoms with E-state index < -0.39 is 0 Å². The molecule has 0 amide bonds. The van der Waals surface area contributed by atoms with E-state index in [9.17, 15) is 0 Å². The van der Waals surface area contributed by atoms with Crippen LogP contribution in [0.1, 0.15) is 6.92 Å². The Labute approximate surface area is 79.5 Å². The van der Waals surface area contributed by atoms with Gasteiger partial charge in [-0.15, -0.1) is 0 Å². The van der Waals surface area contributed by atoms with Crippen LogP contribution in [0.2, 0.25) is 0 Å². The first-order valence-electron chi connectivity index (χ1n) is 3.60. The number of hydrogen-bond acceptors (Lipinski definition) is 3. The first-order valence-corrected chi connectivity index (χ1v) is 4.39. The SMILES string of the molecule is C[C@@H](CO)Oc1cncc(Br)c1. The summed E-state index contributed by atoms with van der Waals surface area (Å²) in [6.45, 7) is 1.80. The molecule has 1 rings (SSSR count). The Kier molecular flexibility index (Phi) is 3.49. The second-order valence-corrected chi connectivity index (χ2v) is 3.37. The number of rotatable bonds is 3. The molecule has 0 radical (unpaired) electrons. The molecule has 1 aromatic rings. The third kappa shape index (κ3) is 2.79. The van der Waals surface area contributed by atoms with Crippen LogP contribution in [0.15, 0.2) is 22.9 Å². The van der Waals surface area contributed by atoms with Gasteiger partial charge in [0.2, 0.25) is 0 Å². The minimum absolute atomic E-state index is 0.00646. The number of aliphatic hydroxyl groups is 1. The van der Waals surface area contributed by atoms with Gasteiger partial charge in [0, 0.05) is 10.7 Å². The van der Waals surface area contributed by atoms with Gasteiger partial charge in [0.25, 0.3) is 0 Å². The van der Waals surface area contributed by atoms with E-state index in [-0.39, 0.29) is 12.7 Å². The van der Waals surface area contributed by atoms with Crippen LogP contribution in [0.25, 0.3) is 0 Å². The lowest BCUT2D eigenvalue weighted by atomic mass is 10.4. The lowest BCUT2D eigenvalue weighted by Crippen LogP contribution is -2.16. The monoisotopic (exact) mass is 231 g/mol. The third-order valence-electron chi connectivity index (χ3n) is 1.27. The van der Waals surface area contributed by atoms with Gasteiger partial charge in [-0.3, -0.25) is 4.98 Å². The molecule has 1 atom stereocenters. The summed E-state index contributed by atoms with van der Waals surface area (Å²) in [4.78, 5) is 3.92. The van der Waals surface area contributed by atoms with Gasteiger partial charge in [0.15, 0.2) is 0 Å². The lowest BCUT2D eigenvalue weighted by Gasteiger charge is -2.10. The maximum atomic E-state index is 8.71. The topological polar surface area (TPSA) is 42.4 Å². The van der Waals surface area contributed by atoms with Crippen molar-refractivity contribution in [2.45, 2.75) is 13.0 Å². The molecule has 4 heteroatoms. The maximum Gasteiger partial charge on any atom is 0.139 e. The molecule has 12 heavy (non-hydrogen) atoms. The molecule has 0 aliphatic carbocycles. The fourth-order valence-electron chi connectivity index (χ4n) is 0.726. The number of halogens is 1. The predicted molar refractivity (Wildman–Crippen MR) is 49.1 cm³/mol. The Morgan fingerprint density at radius 3 is 3.00 bits per heavy atom. The van der Waals surface area contributed by atoms with Crippen LogP contribution in [-0.2, 0) is 0 Å². The van der Waals surface area contributed by atoms with Crippen molar-refractivity contribution in [2.24, 2.45) is 0 Å². The molecule has 0 unspecified atom stereocenters. The summed E-state index contributed by atoms with van der Waals surface area (Å²) in [7, 11) is 0. The quantitative estimate of drug-likeness (QED) is 0.860. The third-order valence-corrected chi connectivity index (χ3v) is 1.71. The molecule has 0 bridgehead atoms. The number of pyridine rings is 1. The highest BCUT2D eigenvalue weighted by atomic mass is 79.9. The van der Waals surface area contributed by atoms with E-state index in [0.717, 1.165) is 4.47 Å². The minimum Gasteiger partial charge on any atom is -0.487 e. The van der Waals surface area contributed by atoms with Crippen molar-refractivity contribution >= 4 is 15.9 Å². The number of aromatic nitrogens is 1. The van der Waals surface area contributed by atoms with Crippen molar-refractivity contribution < 1.29 is 9.84 Å². The summed E-state index contributed by atoms with van der Waals surface area (Å²) in [5.74, 6) is 0.658. The lowest BCUT2D eigenvalue weighted by molar-refractivity contribution is 0.129. The zero-order valence-electron chi connectivity index (χ0n) is 6.70. The molecule has 0 aromatic carbocycles. The average Bonchev–Trinajstić information content (AvgIpc) is 2.04. The van der Waals surface area contributed by atoms with Gasteiger partial charge in [-0.1, -0.05) is 0 Å². The number of nitrogens with zero attached hydrogens (tertiary/aromatic N) is 1. The zero-order valence-corrected chi connectivity index (χ0v) is 8.28. The largest absolute Gasteiger partial charge is 0.487 e. The van der Waals surface area contributed by atoms with Crippen molar-refractivity contribution in [2.75, 3.05) is 6.61 Å². The molecule has 0 fully saturated rings. The summed E-state index contributed by atoms with van der Waals surface area (Å²) in [5, 5.41) is 8.71. The predicted octanol–water partition coefficient (Wildman–Crippen LogP) is 1.60. The molecular weight excluding hydrogens is 222 g/mol. The van der Waals surface area contributed by atoms with E-state index in [0.29, 0.717) is 5.75 Å². The Hall–Kier alpha value is -0.610. The van der Waals surface area contributed by atoms with E-state index in [1.807, 2.05) is 0 Å². The fourth-order valence-corrected chi connectivity index (χ4v) is 1.07. The molecule has 1 aromatic heterocycles. The highest BCUT2D eigenvalue weighted by Gasteiger charge is 2.01. The molecular formula is C8H10BrNO2. The number of hydrogen-bond donors (Lipinski definition) is 1. The highest BCUT2D eigenvalue weighted by Crippen LogP contribution is 2.16. The molecule has 1 heterocycles. The van der Waals surface area contributed by atoms with E-state index >= 15 is 0 Å². The first kappa shape index (κ1) is 9.48. The molecule has 0 saturated heterocycles. The van der Waals surface area contributed by atoms with Crippen LogP contribution in [0.3, 0.4) is 0 Å². The highest BCUT2D eigenvalue weighted by molar-refractivity contribution is 9.10. The van der Waals surface area contributed by atoms with Crippen molar-refractivity contribution in [3.05, 3.63) is 22.9 Å². The van der Waals surface area contributed by atoms with E-state index in [4.69, 9.17) is 9.84 Å². The van der Waals surface area contributed by atoms with Gasteiger partial charge in [-0.25, -0.2) is 0 Å². The Bertz CT molecular complexity index is 255. The number of aliphatic hydroxyl groups excluding tert-OH is 1. The Balaban J connectivity index is 2.63. The van der Waals surface area contributed by atoms with Crippen LogP contribution >= 0.6 is 15.9 Å². The fraction of sp³-hybridized carbons (Fsp3) is 0.375. The average molecular weight is 232 g/mol. The zero-order chi connectivity index (χ0) is 8.97. The Morgan fingerprint density at radius 1 is 1.67 bits per heavy atom. The first-order chi connectivity index (χ1) is 5.72. The smallest absolute Gasteiger partial charge is 0.139 e. The normalized spacial score (nSPS) is 12.6. The van der Waals surface area contributed by atoms with Gasteiger partial charge in [0.05, 0.1) is 12.8 Å². The Morgan fingerprint density at radius 2 is 2.42 bits per heavy atom. The van der Waals surface area contributed by atoms with Crippen molar-refractivity contribution in [3.63, 3.8) is 0 Å². The van der Waals surface area contributed by atoms with Gasteiger partial charge >= 0.3 is 0 Å². The molecule has 0 saturated carbocycles. The van der Waals surface area contributed by atoms with E-state index in [2.05, 4.69) is 20.9 Å². The van der Waals surface area contributed by atoms with Gasteiger partial charge in [-0.05, 0) is 28.9 Å². The second-order valence-electron chi connectivity index (χ2n) is 2.45. The van der Waals surface area contributed by atoms with Crippen LogP contribution in [0.5, 0.6) is 5.75 Å². The molecule has 0 aliphatic rings. The van der Waals surface area contributed by atoms with Crippen molar-refractivity contribution in [3.8, 4) is 5.75 Å². The van der Waals surface area contributed by atoms with Crippen molar-refractivity contribution in [1.29, 1.82) is 0 Å². The van der Waals surface area contributed by atoms with E-state index in [1.54, 1.807) is 25.4 Å². The van der Waals surface area contributed by atoms with Crippen LogP contribution < -0.4 is 4.74 Å². The van der Waals surface area contributed by atoms with Gasteiger partial charge in [-0.2, -0.15) is 0 Å². The van der Waals surface area contributed by atoms with Crippen LogP contribution in [0, 0.1) is 0 Å². The molecule has 1 N–H and O–H groups in total. The van der Waals surface area contributed by atoms with E-state index in [1.165, 1.54) is 0 Å². The van der Waals surface area contributed by atoms with Gasteiger partial charge < -0.3 is 9.84 Å². The second kappa shape index (κ2) is 4.42. The molecule has 0 aliphatic heterocycles. The van der Waals surface area contributed by atoms with Crippen LogP contribution in [-0.4, -0.2) is 22.8 Å².